The summed E-state index contributed by atoms with van der Waals surface area (Å²) in [7, 11) is 0. The van der Waals surface area contributed by atoms with Crippen molar-refractivity contribution in [2.45, 2.75) is 0 Å². The van der Waals surface area contributed by atoms with Crippen molar-refractivity contribution in [3.8, 4) is 0 Å². The van der Waals surface area contributed by atoms with Crippen molar-refractivity contribution in [3.63, 3.8) is 0 Å². The standard InChI is InChI=1S/C7H3BrFN3OS/c8-6-5(2-13)10-1-4-7(6)12(14-9)3-11-4/h1-3H. The summed E-state index contributed by atoms with van der Waals surface area (Å²) in [4.78, 5) is 18.3. The highest BCUT2D eigenvalue weighted by atomic mass is 79.9. The SMILES string of the molecule is O=Cc1ncc2ncn(SF)c2c1Br. The predicted octanol–water partition coefficient (Wildman–Crippen LogP) is 2.39. The Labute approximate surface area is 91.1 Å². The molecule has 0 atom stereocenters. The smallest absolute Gasteiger partial charge is 0.171 e. The summed E-state index contributed by atoms with van der Waals surface area (Å²) in [6, 6.07) is 0. The van der Waals surface area contributed by atoms with Crippen molar-refractivity contribution < 1.29 is 8.68 Å². The number of carbonyl (C=O) groups is 1. The molecule has 0 N–H and O–H groups in total. The van der Waals surface area contributed by atoms with Crippen LogP contribution in [0.1, 0.15) is 10.5 Å². The molecule has 2 aromatic heterocycles. The van der Waals surface area contributed by atoms with Crippen molar-refractivity contribution in [2.75, 3.05) is 0 Å². The number of hydrogen-bond donors (Lipinski definition) is 0. The Morgan fingerprint density at radius 1 is 1.57 bits per heavy atom. The van der Waals surface area contributed by atoms with Crippen LogP contribution in [0, 0.1) is 0 Å². The van der Waals surface area contributed by atoms with Gasteiger partial charge >= 0.3 is 0 Å². The number of carbonyl (C=O) groups excluding carboxylic acids is 1. The monoisotopic (exact) mass is 275 g/mol. The number of hydrogen-bond acceptors (Lipinski definition) is 4. The topological polar surface area (TPSA) is 47.8 Å². The summed E-state index contributed by atoms with van der Waals surface area (Å²) in [6.45, 7) is 0. The summed E-state index contributed by atoms with van der Waals surface area (Å²) < 4.78 is 14.1. The molecule has 2 heterocycles. The molecular weight excluding hydrogens is 273 g/mol. The van der Waals surface area contributed by atoms with E-state index in [0.717, 1.165) is 0 Å². The maximum Gasteiger partial charge on any atom is 0.171 e. The molecule has 0 saturated carbocycles. The van der Waals surface area contributed by atoms with Gasteiger partial charge in [-0.1, -0.05) is 0 Å². The molecule has 0 radical (unpaired) electrons. The Morgan fingerprint density at radius 2 is 2.36 bits per heavy atom. The number of nitrogens with zero attached hydrogens (tertiary/aromatic N) is 3. The molecule has 0 saturated heterocycles. The van der Waals surface area contributed by atoms with Crippen molar-refractivity contribution in [3.05, 3.63) is 22.7 Å². The molecule has 0 bridgehead atoms. The quantitative estimate of drug-likeness (QED) is 0.790. The van der Waals surface area contributed by atoms with Crippen molar-refractivity contribution in [1.82, 2.24) is 13.9 Å². The fourth-order valence-electron chi connectivity index (χ4n) is 1.09. The minimum atomic E-state index is 0.0188. The van der Waals surface area contributed by atoms with Crippen LogP contribution in [-0.4, -0.2) is 20.2 Å². The number of rotatable bonds is 2. The highest BCUT2D eigenvalue weighted by Gasteiger charge is 2.11. The third-order valence-corrected chi connectivity index (χ3v) is 2.92. The molecule has 7 heteroatoms. The normalized spacial score (nSPS) is 10.7. The van der Waals surface area contributed by atoms with Gasteiger partial charge in [0.1, 0.15) is 17.5 Å². The largest absolute Gasteiger partial charge is 0.296 e. The molecule has 14 heavy (non-hydrogen) atoms. The summed E-state index contributed by atoms with van der Waals surface area (Å²) in [6.07, 6.45) is 3.36. The van der Waals surface area contributed by atoms with Gasteiger partial charge in [0.25, 0.3) is 0 Å². The lowest BCUT2D eigenvalue weighted by atomic mass is 10.3. The lowest BCUT2D eigenvalue weighted by Crippen LogP contribution is -1.91. The summed E-state index contributed by atoms with van der Waals surface area (Å²) >= 11 is 3.20. The van der Waals surface area contributed by atoms with Gasteiger partial charge in [-0.3, -0.25) is 4.79 Å². The number of fused-ring (bicyclic) bond motifs is 1. The van der Waals surface area contributed by atoms with Crippen LogP contribution in [0.5, 0.6) is 0 Å². The van der Waals surface area contributed by atoms with Crippen LogP contribution in [0.2, 0.25) is 0 Å². The molecule has 0 fully saturated rings. The van der Waals surface area contributed by atoms with Gasteiger partial charge < -0.3 is 0 Å². The average molecular weight is 276 g/mol. The third kappa shape index (κ3) is 1.32. The highest BCUT2D eigenvalue weighted by molar-refractivity contribution is 9.10. The van der Waals surface area contributed by atoms with E-state index < -0.39 is 0 Å². The number of pyridine rings is 1. The van der Waals surface area contributed by atoms with E-state index in [-0.39, 0.29) is 18.0 Å². The van der Waals surface area contributed by atoms with Gasteiger partial charge in [-0.25, -0.2) is 13.9 Å². The molecule has 0 spiro atoms. The third-order valence-electron chi connectivity index (χ3n) is 1.71. The molecule has 2 aromatic rings. The fraction of sp³-hybridized carbons (Fsp3) is 0. The van der Waals surface area contributed by atoms with E-state index in [0.29, 0.717) is 21.8 Å². The molecule has 0 aromatic carbocycles. The lowest BCUT2D eigenvalue weighted by molar-refractivity contribution is 0.111. The average Bonchev–Trinajstić information content (AvgIpc) is 2.62. The van der Waals surface area contributed by atoms with Gasteiger partial charge in [-0.2, -0.15) is 0 Å². The minimum Gasteiger partial charge on any atom is -0.296 e. The Balaban J connectivity index is 2.83. The maximum atomic E-state index is 12.4. The number of aromatic nitrogens is 3. The fourth-order valence-corrected chi connectivity index (χ4v) is 2.14. The Morgan fingerprint density at radius 3 is 3.00 bits per heavy atom. The lowest BCUT2D eigenvalue weighted by Gasteiger charge is -1.99. The van der Waals surface area contributed by atoms with Crippen molar-refractivity contribution >= 4 is 45.6 Å². The zero-order valence-corrected chi connectivity index (χ0v) is 9.05. The molecule has 0 unspecified atom stereocenters. The van der Waals surface area contributed by atoms with Gasteiger partial charge in [0, 0.05) is 0 Å². The molecule has 4 nitrogen and oxygen atoms in total. The van der Waals surface area contributed by atoms with E-state index in [1.54, 1.807) is 0 Å². The van der Waals surface area contributed by atoms with Gasteiger partial charge in [-0.05, 0) is 15.9 Å². The second-order valence-corrected chi connectivity index (χ2v) is 3.77. The zero-order chi connectivity index (χ0) is 10.1. The van der Waals surface area contributed by atoms with Crippen molar-refractivity contribution in [2.24, 2.45) is 0 Å². The van der Waals surface area contributed by atoms with E-state index >= 15 is 0 Å². The Bertz CT molecular complexity index is 501. The van der Waals surface area contributed by atoms with Gasteiger partial charge in [0.05, 0.1) is 16.2 Å². The second-order valence-electron chi connectivity index (χ2n) is 2.45. The number of imidazole rings is 1. The molecule has 0 aliphatic rings. The Hall–Kier alpha value is -0.950. The van der Waals surface area contributed by atoms with E-state index in [1.165, 1.54) is 16.5 Å². The summed E-state index contributed by atoms with van der Waals surface area (Å²) in [5.41, 5.74) is 1.27. The molecule has 0 aliphatic carbocycles. The molecule has 0 aliphatic heterocycles. The Kier molecular flexibility index (Phi) is 2.51. The van der Waals surface area contributed by atoms with Gasteiger partial charge in [0.15, 0.2) is 18.6 Å². The zero-order valence-electron chi connectivity index (χ0n) is 6.65. The van der Waals surface area contributed by atoms with E-state index in [9.17, 15) is 8.68 Å². The first-order chi connectivity index (χ1) is 6.77. The molecule has 72 valence electrons. The minimum absolute atomic E-state index is 0.0188. The van der Waals surface area contributed by atoms with Gasteiger partial charge in [0.2, 0.25) is 0 Å². The first-order valence-corrected chi connectivity index (χ1v) is 5.00. The molecule has 0 amide bonds. The van der Waals surface area contributed by atoms with Crippen LogP contribution < -0.4 is 0 Å². The molecule has 2 rings (SSSR count). The number of halogens is 2. The first-order valence-electron chi connectivity index (χ1n) is 3.53. The van der Waals surface area contributed by atoms with Crippen LogP contribution in [0.25, 0.3) is 11.0 Å². The van der Waals surface area contributed by atoms with Crippen LogP contribution >= 0.6 is 28.3 Å². The summed E-state index contributed by atoms with van der Waals surface area (Å²) in [5.74, 6) is 0. The van der Waals surface area contributed by atoms with Gasteiger partial charge in [-0.15, -0.1) is 3.89 Å². The summed E-state index contributed by atoms with van der Waals surface area (Å²) in [5, 5.41) is 0. The van der Waals surface area contributed by atoms with Crippen molar-refractivity contribution in [1.29, 1.82) is 0 Å². The second kappa shape index (κ2) is 3.66. The number of aldehydes is 1. The van der Waals surface area contributed by atoms with E-state index in [2.05, 4.69) is 25.9 Å². The van der Waals surface area contributed by atoms with E-state index in [4.69, 9.17) is 0 Å². The van der Waals surface area contributed by atoms with Crippen LogP contribution in [0.15, 0.2) is 17.0 Å². The maximum absolute atomic E-state index is 12.4. The van der Waals surface area contributed by atoms with Crippen LogP contribution in [-0.2, 0) is 0 Å². The molecular formula is C7H3BrFN3OS. The van der Waals surface area contributed by atoms with Crippen LogP contribution in [0.4, 0.5) is 3.89 Å². The first kappa shape index (κ1) is 9.60. The van der Waals surface area contributed by atoms with Crippen LogP contribution in [0.3, 0.4) is 0 Å². The van der Waals surface area contributed by atoms with E-state index in [1.807, 2.05) is 0 Å². The predicted molar refractivity (Wildman–Crippen MR) is 54.7 cm³/mol. The highest BCUT2D eigenvalue weighted by Crippen LogP contribution is 2.27.